The summed E-state index contributed by atoms with van der Waals surface area (Å²) in [6.45, 7) is 6.23. The van der Waals surface area contributed by atoms with Crippen LogP contribution in [0.5, 0.6) is 11.5 Å². The maximum atomic E-state index is 13.6. The van der Waals surface area contributed by atoms with Crippen LogP contribution in [0.15, 0.2) is 36.4 Å². The smallest absolute Gasteiger partial charge is 0.291 e. The molecular formula is C24H30N3O4+. The van der Waals surface area contributed by atoms with Gasteiger partial charge in [-0.15, -0.1) is 0 Å². The van der Waals surface area contributed by atoms with Crippen molar-refractivity contribution in [1.82, 2.24) is 0 Å². The number of benzene rings is 2. The molecule has 0 aliphatic carbocycles. The molecule has 2 amide bonds. The van der Waals surface area contributed by atoms with Crippen molar-refractivity contribution in [3.63, 3.8) is 0 Å². The predicted molar refractivity (Wildman–Crippen MR) is 118 cm³/mol. The maximum absolute atomic E-state index is 13.6. The first-order chi connectivity index (χ1) is 14.8. The van der Waals surface area contributed by atoms with Gasteiger partial charge in [-0.2, -0.15) is 0 Å². The zero-order valence-corrected chi connectivity index (χ0v) is 18.6. The van der Waals surface area contributed by atoms with E-state index < -0.39 is 11.5 Å². The van der Waals surface area contributed by atoms with Crippen molar-refractivity contribution in [3.8, 4) is 11.5 Å². The predicted octanol–water partition coefficient (Wildman–Crippen LogP) is 2.41. The van der Waals surface area contributed by atoms with Crippen molar-refractivity contribution < 1.29 is 24.4 Å². The van der Waals surface area contributed by atoms with E-state index in [-0.39, 0.29) is 17.9 Å². The second-order valence-electron chi connectivity index (χ2n) is 8.74. The van der Waals surface area contributed by atoms with Crippen LogP contribution in [0.4, 0.5) is 11.4 Å². The van der Waals surface area contributed by atoms with Crippen molar-refractivity contribution >= 4 is 23.2 Å². The highest BCUT2D eigenvalue weighted by molar-refractivity contribution is 6.10. The number of quaternary nitrogens is 1. The number of anilines is 2. The molecule has 4 rings (SSSR count). The molecule has 3 atom stereocenters. The Balaban J connectivity index is 1.76. The molecule has 7 nitrogen and oxygen atoms in total. The molecule has 7 heteroatoms. The van der Waals surface area contributed by atoms with Crippen LogP contribution >= 0.6 is 0 Å². The molecule has 164 valence electrons. The number of hydrogen-bond donors (Lipinski definition) is 3. The van der Waals surface area contributed by atoms with E-state index in [4.69, 9.17) is 9.47 Å². The van der Waals surface area contributed by atoms with E-state index in [1.807, 2.05) is 25.1 Å². The van der Waals surface area contributed by atoms with Gasteiger partial charge in [-0.3, -0.25) is 9.59 Å². The number of hydrogen-bond acceptors (Lipinski definition) is 4. The molecule has 31 heavy (non-hydrogen) atoms. The molecule has 0 aromatic heterocycles. The number of ether oxygens (including phenoxy) is 2. The van der Waals surface area contributed by atoms with Crippen LogP contribution in [0.2, 0.25) is 0 Å². The van der Waals surface area contributed by atoms with Crippen LogP contribution in [0.25, 0.3) is 0 Å². The van der Waals surface area contributed by atoms with Crippen LogP contribution in [-0.4, -0.2) is 32.1 Å². The SMILES string of the molecule is COc1ccc(OC)c(NC(=O)[C@H]2C[C@H](C(C)C)[NH2+][C@]23C(=O)Nc2c(C)cccc23)c1. The van der Waals surface area contributed by atoms with Gasteiger partial charge in [0.15, 0.2) is 0 Å². The van der Waals surface area contributed by atoms with Crippen LogP contribution in [-0.2, 0) is 15.1 Å². The van der Waals surface area contributed by atoms with Gasteiger partial charge in [0.1, 0.15) is 17.4 Å². The molecule has 4 N–H and O–H groups in total. The summed E-state index contributed by atoms with van der Waals surface area (Å²) in [7, 11) is 3.13. The van der Waals surface area contributed by atoms with Crippen molar-refractivity contribution in [1.29, 1.82) is 0 Å². The molecule has 1 spiro atoms. The average molecular weight is 425 g/mol. The minimum absolute atomic E-state index is 0.127. The molecular weight excluding hydrogens is 394 g/mol. The summed E-state index contributed by atoms with van der Waals surface area (Å²) in [5.74, 6) is 0.621. The minimum atomic E-state index is -0.980. The van der Waals surface area contributed by atoms with Crippen molar-refractivity contribution in [2.45, 2.75) is 38.8 Å². The summed E-state index contributed by atoms with van der Waals surface area (Å²) < 4.78 is 10.7. The van der Waals surface area contributed by atoms with Crippen molar-refractivity contribution in [3.05, 3.63) is 47.5 Å². The first kappa shape index (κ1) is 21.2. The van der Waals surface area contributed by atoms with E-state index in [9.17, 15) is 9.59 Å². The summed E-state index contributed by atoms with van der Waals surface area (Å²) in [5.41, 5.74) is 2.26. The topological polar surface area (TPSA) is 93.3 Å². The van der Waals surface area contributed by atoms with Crippen LogP contribution in [0, 0.1) is 18.8 Å². The number of nitrogens with one attached hydrogen (secondary N) is 2. The number of nitrogens with two attached hydrogens (primary N) is 1. The number of fused-ring (bicyclic) bond motifs is 2. The molecule has 1 saturated heterocycles. The molecule has 2 aromatic rings. The lowest BCUT2D eigenvalue weighted by atomic mass is 9.79. The van der Waals surface area contributed by atoms with Gasteiger partial charge in [-0.1, -0.05) is 32.0 Å². The van der Waals surface area contributed by atoms with Crippen LogP contribution < -0.4 is 25.4 Å². The largest absolute Gasteiger partial charge is 0.497 e. The lowest BCUT2D eigenvalue weighted by Gasteiger charge is -2.26. The second kappa shape index (κ2) is 7.89. The van der Waals surface area contributed by atoms with E-state index in [0.717, 1.165) is 16.8 Å². The summed E-state index contributed by atoms with van der Waals surface area (Å²) >= 11 is 0. The highest BCUT2D eigenvalue weighted by Crippen LogP contribution is 2.45. The third-order valence-corrected chi connectivity index (χ3v) is 6.70. The Labute approximate surface area is 182 Å². The maximum Gasteiger partial charge on any atom is 0.291 e. The molecule has 2 heterocycles. The fourth-order valence-corrected chi connectivity index (χ4v) is 4.92. The van der Waals surface area contributed by atoms with Gasteiger partial charge >= 0.3 is 0 Å². The lowest BCUT2D eigenvalue weighted by molar-refractivity contribution is -0.736. The number of amides is 2. The highest BCUT2D eigenvalue weighted by Gasteiger charge is 2.64. The van der Waals surface area contributed by atoms with Crippen LogP contribution in [0.1, 0.15) is 31.4 Å². The third-order valence-electron chi connectivity index (χ3n) is 6.70. The van der Waals surface area contributed by atoms with Crippen LogP contribution in [0.3, 0.4) is 0 Å². The van der Waals surface area contributed by atoms with Gasteiger partial charge < -0.3 is 25.4 Å². The summed E-state index contributed by atoms with van der Waals surface area (Å²) in [4.78, 5) is 27.0. The zero-order chi connectivity index (χ0) is 22.3. The first-order valence-electron chi connectivity index (χ1n) is 10.6. The molecule has 0 saturated carbocycles. The summed E-state index contributed by atoms with van der Waals surface area (Å²) in [6, 6.07) is 11.3. The van der Waals surface area contributed by atoms with E-state index in [0.29, 0.717) is 29.5 Å². The second-order valence-corrected chi connectivity index (χ2v) is 8.74. The van der Waals surface area contributed by atoms with Gasteiger partial charge in [0, 0.05) is 24.0 Å². The zero-order valence-electron chi connectivity index (χ0n) is 18.6. The number of aryl methyl sites for hydroxylation is 1. The monoisotopic (exact) mass is 424 g/mol. The molecule has 0 bridgehead atoms. The normalized spacial score (nSPS) is 24.3. The average Bonchev–Trinajstić information content (AvgIpc) is 3.29. The standard InChI is InChI=1S/C24H29N3O4/c1-13(2)18-12-17(22(28)25-19-11-15(30-4)9-10-20(19)31-5)24(27-18)16-8-6-7-14(3)21(16)26-23(24)29/h6-11,13,17-18,27H,12H2,1-5H3,(H,25,28)(H,26,29)/p+1/t17-,18-,24+/m1/s1. The highest BCUT2D eigenvalue weighted by atomic mass is 16.5. The number of para-hydroxylation sites is 1. The first-order valence-corrected chi connectivity index (χ1v) is 10.6. The molecule has 2 aliphatic heterocycles. The Morgan fingerprint density at radius 2 is 2.00 bits per heavy atom. The fraction of sp³-hybridized carbons (Fsp3) is 0.417. The fourth-order valence-electron chi connectivity index (χ4n) is 4.92. The van der Waals surface area contributed by atoms with E-state index >= 15 is 0 Å². The Hall–Kier alpha value is -3.06. The Morgan fingerprint density at radius 3 is 2.68 bits per heavy atom. The molecule has 2 aliphatic rings. The Kier molecular flexibility index (Phi) is 5.39. The molecule has 2 aromatic carbocycles. The van der Waals surface area contributed by atoms with E-state index in [2.05, 4.69) is 29.8 Å². The molecule has 0 radical (unpaired) electrons. The van der Waals surface area contributed by atoms with E-state index in [1.165, 1.54) is 0 Å². The Morgan fingerprint density at radius 1 is 1.23 bits per heavy atom. The minimum Gasteiger partial charge on any atom is -0.497 e. The van der Waals surface area contributed by atoms with Gasteiger partial charge in [-0.25, -0.2) is 0 Å². The van der Waals surface area contributed by atoms with Gasteiger partial charge in [0.05, 0.1) is 31.6 Å². The Bertz CT molecular complexity index is 1040. The number of methoxy groups -OCH3 is 2. The number of carbonyl (C=O) groups is 2. The third kappa shape index (κ3) is 3.33. The lowest BCUT2D eigenvalue weighted by Crippen LogP contribution is -2.99. The van der Waals surface area contributed by atoms with Crippen molar-refractivity contribution in [2.24, 2.45) is 11.8 Å². The summed E-state index contributed by atoms with van der Waals surface area (Å²) in [5, 5.41) is 8.17. The van der Waals surface area contributed by atoms with Gasteiger partial charge in [0.2, 0.25) is 11.4 Å². The number of rotatable bonds is 5. The molecule has 1 fully saturated rings. The van der Waals surface area contributed by atoms with Gasteiger partial charge in [-0.05, 0) is 24.6 Å². The summed E-state index contributed by atoms with van der Waals surface area (Å²) in [6.07, 6.45) is 0.608. The molecule has 0 unspecified atom stereocenters. The quantitative estimate of drug-likeness (QED) is 0.687. The van der Waals surface area contributed by atoms with Crippen molar-refractivity contribution in [2.75, 3.05) is 24.9 Å². The number of carbonyl (C=O) groups excluding carboxylic acids is 2. The van der Waals surface area contributed by atoms with Gasteiger partial charge in [0.25, 0.3) is 5.91 Å². The van der Waals surface area contributed by atoms with E-state index in [1.54, 1.807) is 32.4 Å².